The van der Waals surface area contributed by atoms with Crippen molar-refractivity contribution >= 4 is 21.6 Å². The lowest BCUT2D eigenvalue weighted by Gasteiger charge is -2.23. The van der Waals surface area contributed by atoms with Crippen LogP contribution >= 0.6 is 0 Å². The summed E-state index contributed by atoms with van der Waals surface area (Å²) in [6.45, 7) is 8.84. The molecule has 4 nitrogen and oxygen atoms in total. The van der Waals surface area contributed by atoms with E-state index in [0.29, 0.717) is 5.69 Å². The molecule has 0 N–H and O–H groups in total. The monoisotopic (exact) mass is 329 g/mol. The highest BCUT2D eigenvalue weighted by atomic mass is 32.2. The van der Waals surface area contributed by atoms with Crippen LogP contribution in [0.1, 0.15) is 18.1 Å². The summed E-state index contributed by atoms with van der Waals surface area (Å²) in [6.07, 6.45) is 0. The molecule has 2 rings (SSSR count). The number of hydrogen-bond acceptors (Lipinski definition) is 3. The first kappa shape index (κ1) is 17.0. The molecule has 0 unspecified atom stereocenters. The van der Waals surface area contributed by atoms with Crippen LogP contribution in [-0.2, 0) is 14.8 Å². The lowest BCUT2D eigenvalue weighted by Crippen LogP contribution is -2.37. The minimum absolute atomic E-state index is 0.0678. The molecule has 0 saturated heterocycles. The molecule has 2 aromatic carbocycles. The van der Waals surface area contributed by atoms with Crippen LogP contribution < -0.4 is 4.31 Å². The summed E-state index contributed by atoms with van der Waals surface area (Å²) in [5, 5.41) is 0. The van der Waals surface area contributed by atoms with Crippen molar-refractivity contribution in [1.82, 2.24) is 0 Å². The van der Waals surface area contributed by atoms with Crippen molar-refractivity contribution in [2.45, 2.75) is 25.7 Å². The third-order valence-corrected chi connectivity index (χ3v) is 5.10. The van der Waals surface area contributed by atoms with Crippen molar-refractivity contribution in [2.75, 3.05) is 4.31 Å². The van der Waals surface area contributed by atoms with Crippen molar-refractivity contribution in [3.05, 3.63) is 71.8 Å². The zero-order valence-electron chi connectivity index (χ0n) is 13.4. The Kier molecular flexibility index (Phi) is 4.71. The third-order valence-electron chi connectivity index (χ3n) is 3.38. The number of nitrogens with zero attached hydrogens (tertiary/aromatic N) is 1. The maximum atomic E-state index is 12.9. The summed E-state index contributed by atoms with van der Waals surface area (Å²) in [5.74, 6) is -0.644. The maximum absolute atomic E-state index is 12.9. The number of benzene rings is 2. The van der Waals surface area contributed by atoms with E-state index in [0.717, 1.165) is 15.4 Å². The molecule has 0 heterocycles. The standard InChI is InChI=1S/C18H19NO3S/c1-13(2)18(20)19(16-9-5-14(3)6-10-16)23(21,22)17-11-7-15(4)8-12-17/h5-12H,1H2,2-4H3. The predicted molar refractivity (Wildman–Crippen MR) is 91.8 cm³/mol. The van der Waals surface area contributed by atoms with E-state index >= 15 is 0 Å². The summed E-state index contributed by atoms with van der Waals surface area (Å²) in [5.41, 5.74) is 2.37. The molecule has 0 radical (unpaired) electrons. The van der Waals surface area contributed by atoms with Crippen molar-refractivity contribution in [3.63, 3.8) is 0 Å². The topological polar surface area (TPSA) is 54.5 Å². The van der Waals surface area contributed by atoms with Crippen LogP contribution in [-0.4, -0.2) is 14.3 Å². The molecule has 0 spiro atoms. The lowest BCUT2D eigenvalue weighted by molar-refractivity contribution is -0.113. The summed E-state index contributed by atoms with van der Waals surface area (Å²) < 4.78 is 26.7. The van der Waals surface area contributed by atoms with Gasteiger partial charge in [-0.2, -0.15) is 4.31 Å². The van der Waals surface area contributed by atoms with E-state index in [1.165, 1.54) is 19.1 Å². The average Bonchev–Trinajstić information content (AvgIpc) is 2.49. The third kappa shape index (κ3) is 3.51. The molecule has 0 saturated carbocycles. The summed E-state index contributed by atoms with van der Waals surface area (Å²) >= 11 is 0. The van der Waals surface area contributed by atoms with Gasteiger partial charge < -0.3 is 0 Å². The number of carbonyl (C=O) groups excluding carboxylic acids is 1. The number of rotatable bonds is 4. The maximum Gasteiger partial charge on any atom is 0.271 e. The highest BCUT2D eigenvalue weighted by molar-refractivity contribution is 7.93. The fourth-order valence-electron chi connectivity index (χ4n) is 2.03. The molecule has 0 aromatic heterocycles. The molecular formula is C18H19NO3S. The van der Waals surface area contributed by atoms with Crippen LogP contribution in [0, 0.1) is 13.8 Å². The number of sulfonamides is 1. The summed E-state index contributed by atoms with van der Waals surface area (Å²) in [7, 11) is -4.01. The van der Waals surface area contributed by atoms with Gasteiger partial charge in [-0.25, -0.2) is 8.42 Å². The van der Waals surface area contributed by atoms with Crippen molar-refractivity contribution in [3.8, 4) is 0 Å². The van der Waals surface area contributed by atoms with Gasteiger partial charge in [0.15, 0.2) is 0 Å². The largest absolute Gasteiger partial charge is 0.271 e. The van der Waals surface area contributed by atoms with E-state index in [-0.39, 0.29) is 10.5 Å². The van der Waals surface area contributed by atoms with E-state index in [4.69, 9.17) is 0 Å². The minimum atomic E-state index is -4.01. The number of anilines is 1. The minimum Gasteiger partial charge on any atom is -0.268 e. The van der Waals surface area contributed by atoms with Gasteiger partial charge in [-0.3, -0.25) is 4.79 Å². The number of carbonyl (C=O) groups is 1. The van der Waals surface area contributed by atoms with Crippen molar-refractivity contribution < 1.29 is 13.2 Å². The van der Waals surface area contributed by atoms with Gasteiger partial charge in [0, 0.05) is 5.57 Å². The van der Waals surface area contributed by atoms with Crippen molar-refractivity contribution in [2.24, 2.45) is 0 Å². The second kappa shape index (κ2) is 6.38. The Morgan fingerprint density at radius 3 is 1.78 bits per heavy atom. The Morgan fingerprint density at radius 2 is 1.35 bits per heavy atom. The molecule has 120 valence electrons. The molecule has 0 aliphatic heterocycles. The number of amides is 1. The quantitative estimate of drug-likeness (QED) is 0.805. The number of hydrogen-bond donors (Lipinski definition) is 0. The number of aryl methyl sites for hydroxylation is 2. The van der Waals surface area contributed by atoms with Gasteiger partial charge >= 0.3 is 0 Å². The van der Waals surface area contributed by atoms with Crippen LogP contribution in [0.25, 0.3) is 0 Å². The first-order valence-corrected chi connectivity index (χ1v) is 8.56. The Bertz CT molecular complexity index is 835. The molecule has 0 atom stereocenters. The van der Waals surface area contributed by atoms with Gasteiger partial charge in [0.05, 0.1) is 10.6 Å². The van der Waals surface area contributed by atoms with Crippen LogP contribution in [0.4, 0.5) is 5.69 Å². The second-order valence-electron chi connectivity index (χ2n) is 5.50. The van der Waals surface area contributed by atoms with E-state index in [1.54, 1.807) is 36.4 Å². The van der Waals surface area contributed by atoms with E-state index in [9.17, 15) is 13.2 Å². The van der Waals surface area contributed by atoms with Gasteiger partial charge in [0.1, 0.15) is 0 Å². The zero-order valence-corrected chi connectivity index (χ0v) is 14.2. The van der Waals surface area contributed by atoms with Crippen LogP contribution in [0.15, 0.2) is 65.6 Å². The molecule has 0 aliphatic carbocycles. The smallest absolute Gasteiger partial charge is 0.268 e. The van der Waals surface area contributed by atoms with Gasteiger partial charge in [0.25, 0.3) is 15.9 Å². The Balaban J connectivity index is 2.61. The van der Waals surface area contributed by atoms with Crippen molar-refractivity contribution in [1.29, 1.82) is 0 Å². The van der Waals surface area contributed by atoms with Crippen LogP contribution in [0.2, 0.25) is 0 Å². The average molecular weight is 329 g/mol. The molecule has 2 aromatic rings. The first-order chi connectivity index (χ1) is 10.7. The predicted octanol–water partition coefficient (Wildman–Crippen LogP) is 3.60. The van der Waals surface area contributed by atoms with Gasteiger partial charge in [-0.05, 0) is 45.0 Å². The van der Waals surface area contributed by atoms with Gasteiger partial charge in [0.2, 0.25) is 0 Å². The molecule has 23 heavy (non-hydrogen) atoms. The fraction of sp³-hybridized carbons (Fsp3) is 0.167. The molecule has 0 aliphatic rings. The summed E-state index contributed by atoms with van der Waals surface area (Å²) in [4.78, 5) is 12.5. The Morgan fingerprint density at radius 1 is 0.913 bits per heavy atom. The van der Waals surface area contributed by atoms with Crippen LogP contribution in [0.5, 0.6) is 0 Å². The molecule has 0 fully saturated rings. The molecule has 0 bridgehead atoms. The first-order valence-electron chi connectivity index (χ1n) is 7.12. The summed E-state index contributed by atoms with van der Waals surface area (Å²) in [6, 6.07) is 13.1. The molecule has 5 heteroatoms. The van der Waals surface area contributed by atoms with E-state index in [1.807, 2.05) is 13.8 Å². The fourth-order valence-corrected chi connectivity index (χ4v) is 3.50. The normalized spacial score (nSPS) is 11.1. The van der Waals surface area contributed by atoms with Gasteiger partial charge in [-0.15, -0.1) is 0 Å². The van der Waals surface area contributed by atoms with E-state index in [2.05, 4.69) is 6.58 Å². The molecule has 1 amide bonds. The van der Waals surface area contributed by atoms with Gasteiger partial charge in [-0.1, -0.05) is 42.0 Å². The Labute approximate surface area is 137 Å². The lowest BCUT2D eigenvalue weighted by atomic mass is 10.2. The van der Waals surface area contributed by atoms with Crippen LogP contribution in [0.3, 0.4) is 0 Å². The Hall–Kier alpha value is -2.40. The van der Waals surface area contributed by atoms with E-state index < -0.39 is 15.9 Å². The highest BCUT2D eigenvalue weighted by Crippen LogP contribution is 2.26. The highest BCUT2D eigenvalue weighted by Gasteiger charge is 2.31. The second-order valence-corrected chi connectivity index (χ2v) is 7.29. The zero-order chi connectivity index (χ0) is 17.2. The molecular weight excluding hydrogens is 310 g/mol. The SMILES string of the molecule is C=C(C)C(=O)N(c1ccc(C)cc1)S(=O)(=O)c1ccc(C)cc1.